The number of hydrogen-bond donors (Lipinski definition) is 2. The summed E-state index contributed by atoms with van der Waals surface area (Å²) in [6, 6.07) is 2.26. The number of nitrogens with one attached hydrogen (secondary N) is 2. The number of nitrogens with zero attached hydrogens (tertiary/aromatic N) is 3. The first kappa shape index (κ1) is 27.3. The van der Waals surface area contributed by atoms with Crippen molar-refractivity contribution in [2.75, 3.05) is 13.2 Å². The summed E-state index contributed by atoms with van der Waals surface area (Å²) in [4.78, 5) is 57.0. The maximum atomic E-state index is 14.7. The lowest BCUT2D eigenvalue weighted by Crippen LogP contribution is -2.55. The molecule has 2 N–H and O–H groups in total. The number of carbonyl (C=O) groups is 4. The van der Waals surface area contributed by atoms with Gasteiger partial charge in [0.25, 0.3) is 5.91 Å². The lowest BCUT2D eigenvalue weighted by Gasteiger charge is -2.30. The monoisotopic (exact) mass is 527 g/mol. The van der Waals surface area contributed by atoms with Crippen molar-refractivity contribution in [3.63, 3.8) is 0 Å². The summed E-state index contributed by atoms with van der Waals surface area (Å²) in [5.74, 6) is -2.18. The van der Waals surface area contributed by atoms with Crippen LogP contribution in [0.1, 0.15) is 62.7 Å². The number of hydrogen-bond acceptors (Lipinski definition) is 6. The van der Waals surface area contributed by atoms with Gasteiger partial charge in [-0.2, -0.15) is 0 Å². The summed E-state index contributed by atoms with van der Waals surface area (Å²) in [5.41, 5.74) is 0.360. The van der Waals surface area contributed by atoms with E-state index in [1.54, 1.807) is 13.1 Å². The molecule has 0 radical (unpaired) electrons. The van der Waals surface area contributed by atoms with E-state index in [1.165, 1.54) is 34.1 Å². The molecule has 1 aromatic heterocycles. The number of amides is 3. The molecule has 3 unspecified atom stereocenters. The lowest BCUT2D eigenvalue weighted by molar-refractivity contribution is -0.144. The van der Waals surface area contributed by atoms with Crippen molar-refractivity contribution in [1.82, 2.24) is 25.1 Å². The third kappa shape index (κ3) is 6.38. The molecule has 0 spiro atoms. The van der Waals surface area contributed by atoms with Crippen LogP contribution in [0.4, 0.5) is 4.39 Å². The molecule has 1 saturated carbocycles. The Hall–Kier alpha value is -3.76. The van der Waals surface area contributed by atoms with Gasteiger partial charge < -0.3 is 24.8 Å². The lowest BCUT2D eigenvalue weighted by atomic mass is 10.1. The van der Waals surface area contributed by atoms with Gasteiger partial charge in [0, 0.05) is 30.5 Å². The molecule has 2 heterocycles. The van der Waals surface area contributed by atoms with E-state index in [0.29, 0.717) is 25.8 Å². The summed E-state index contributed by atoms with van der Waals surface area (Å²) < 4.78 is 21.2. The van der Waals surface area contributed by atoms with E-state index in [9.17, 15) is 23.6 Å². The Labute approximate surface area is 220 Å². The van der Waals surface area contributed by atoms with Gasteiger partial charge in [0.05, 0.1) is 25.0 Å². The fourth-order valence-electron chi connectivity index (χ4n) is 4.79. The maximum Gasteiger partial charge on any atom is 0.307 e. The minimum absolute atomic E-state index is 0.0296. The highest BCUT2D eigenvalue weighted by molar-refractivity contribution is 5.99. The topological polar surface area (TPSA) is 123 Å². The highest BCUT2D eigenvalue weighted by atomic mass is 19.1. The van der Waals surface area contributed by atoms with Crippen LogP contribution >= 0.6 is 0 Å². The molecular weight excluding hydrogens is 493 g/mol. The van der Waals surface area contributed by atoms with Gasteiger partial charge in [0.2, 0.25) is 11.8 Å². The molecule has 38 heavy (non-hydrogen) atoms. The van der Waals surface area contributed by atoms with Crippen molar-refractivity contribution in [3.8, 4) is 5.69 Å². The van der Waals surface area contributed by atoms with E-state index in [4.69, 9.17) is 4.74 Å². The Morgan fingerprint density at radius 1 is 1.16 bits per heavy atom. The van der Waals surface area contributed by atoms with Gasteiger partial charge in [-0.1, -0.05) is 6.92 Å². The summed E-state index contributed by atoms with van der Waals surface area (Å²) in [6.45, 7) is 4.26. The highest BCUT2D eigenvalue weighted by Crippen LogP contribution is 2.35. The fraction of sp³-hybridized carbons (Fsp3) is 0.519. The Morgan fingerprint density at radius 3 is 2.58 bits per heavy atom. The van der Waals surface area contributed by atoms with E-state index >= 15 is 0 Å². The molecule has 1 aliphatic carbocycles. The summed E-state index contributed by atoms with van der Waals surface area (Å²) in [7, 11) is 0. The summed E-state index contributed by atoms with van der Waals surface area (Å²) >= 11 is 0. The number of halogens is 1. The van der Waals surface area contributed by atoms with Crippen molar-refractivity contribution in [2.24, 2.45) is 5.92 Å². The van der Waals surface area contributed by atoms with Crippen LogP contribution in [0.15, 0.2) is 36.9 Å². The summed E-state index contributed by atoms with van der Waals surface area (Å²) in [5, 5.41) is 5.68. The van der Waals surface area contributed by atoms with Crippen molar-refractivity contribution in [1.29, 1.82) is 0 Å². The average Bonchev–Trinajstić information content (AvgIpc) is 3.37. The number of aromatic nitrogens is 2. The normalized spacial score (nSPS) is 18.5. The minimum atomic E-state index is -0.797. The first-order chi connectivity index (χ1) is 18.3. The molecule has 2 aliphatic rings. The van der Waals surface area contributed by atoms with E-state index in [2.05, 4.69) is 15.6 Å². The standard InChI is InChI=1S/C27H34FN5O5/c1-3-19(15-23(34)38-4-2)30-26(36)22-6-5-12-33(22)27(37)24(17-7-8-17)31-25(35)18-9-10-21(20(28)14-18)32-13-11-29-16-32/h9-11,13-14,16-17,19,22,24H,3-8,12,15H2,1-2H3,(H,30,36)(H,31,35). The molecule has 2 fully saturated rings. The quantitative estimate of drug-likeness (QED) is 0.433. The zero-order valence-electron chi connectivity index (χ0n) is 21.7. The Bertz CT molecular complexity index is 1170. The molecule has 204 valence electrons. The van der Waals surface area contributed by atoms with Crippen LogP contribution in [0.2, 0.25) is 0 Å². The van der Waals surface area contributed by atoms with E-state index < -0.39 is 29.8 Å². The second-order valence-corrected chi connectivity index (χ2v) is 9.74. The van der Waals surface area contributed by atoms with E-state index in [1.807, 2.05) is 6.92 Å². The first-order valence-corrected chi connectivity index (χ1v) is 13.2. The zero-order chi connectivity index (χ0) is 27.2. The second-order valence-electron chi connectivity index (χ2n) is 9.74. The number of benzene rings is 1. The predicted molar refractivity (Wildman–Crippen MR) is 136 cm³/mol. The number of rotatable bonds is 11. The SMILES string of the molecule is CCOC(=O)CC(CC)NC(=O)C1CCCN1C(=O)C(NC(=O)c1ccc(-n2ccnc2)c(F)c1)C1CC1. The molecule has 2 aromatic rings. The number of esters is 1. The van der Waals surface area contributed by atoms with Crippen LogP contribution in [-0.2, 0) is 19.1 Å². The molecule has 10 nitrogen and oxygen atoms in total. The summed E-state index contributed by atoms with van der Waals surface area (Å²) in [6.07, 6.45) is 7.92. The minimum Gasteiger partial charge on any atom is -0.466 e. The van der Waals surface area contributed by atoms with Crippen molar-refractivity contribution < 1.29 is 28.3 Å². The van der Waals surface area contributed by atoms with Crippen molar-refractivity contribution >= 4 is 23.7 Å². The Kier molecular flexibility index (Phi) is 8.75. The van der Waals surface area contributed by atoms with Crippen LogP contribution in [0.5, 0.6) is 0 Å². The van der Waals surface area contributed by atoms with Gasteiger partial charge in [0.15, 0.2) is 0 Å². The van der Waals surface area contributed by atoms with Crippen LogP contribution in [0.3, 0.4) is 0 Å². The van der Waals surface area contributed by atoms with Gasteiger partial charge in [0.1, 0.15) is 17.9 Å². The molecule has 1 aromatic carbocycles. The smallest absolute Gasteiger partial charge is 0.307 e. The molecule has 4 rings (SSSR count). The zero-order valence-corrected chi connectivity index (χ0v) is 21.7. The van der Waals surface area contributed by atoms with Crippen molar-refractivity contribution in [2.45, 2.75) is 70.5 Å². The van der Waals surface area contributed by atoms with Gasteiger partial charge >= 0.3 is 5.97 Å². The van der Waals surface area contributed by atoms with Crippen LogP contribution in [0.25, 0.3) is 5.69 Å². The van der Waals surface area contributed by atoms with Crippen LogP contribution < -0.4 is 10.6 Å². The number of carbonyl (C=O) groups excluding carboxylic acids is 4. The Morgan fingerprint density at radius 2 is 1.95 bits per heavy atom. The molecule has 0 bridgehead atoms. The molecule has 3 amide bonds. The van der Waals surface area contributed by atoms with Gasteiger partial charge in [-0.05, 0) is 63.1 Å². The molecular formula is C27H34FN5O5. The average molecular weight is 528 g/mol. The first-order valence-electron chi connectivity index (χ1n) is 13.2. The maximum absolute atomic E-state index is 14.7. The van der Waals surface area contributed by atoms with E-state index in [0.717, 1.165) is 18.9 Å². The fourth-order valence-corrected chi connectivity index (χ4v) is 4.79. The number of imidazole rings is 1. The van der Waals surface area contributed by atoms with E-state index in [-0.39, 0.29) is 48.0 Å². The third-order valence-corrected chi connectivity index (χ3v) is 7.03. The molecule has 3 atom stereocenters. The van der Waals surface area contributed by atoms with Gasteiger partial charge in [-0.25, -0.2) is 9.37 Å². The second kappa shape index (κ2) is 12.2. The largest absolute Gasteiger partial charge is 0.466 e. The molecule has 1 saturated heterocycles. The highest BCUT2D eigenvalue weighted by Gasteiger charge is 2.44. The molecule has 11 heteroatoms. The molecule has 1 aliphatic heterocycles. The third-order valence-electron chi connectivity index (χ3n) is 7.03. The van der Waals surface area contributed by atoms with Crippen molar-refractivity contribution in [3.05, 3.63) is 48.3 Å². The van der Waals surface area contributed by atoms with Crippen LogP contribution in [0, 0.1) is 11.7 Å². The Balaban J connectivity index is 1.42. The van der Waals surface area contributed by atoms with Gasteiger partial charge in [-0.15, -0.1) is 0 Å². The number of ether oxygens (including phenoxy) is 1. The van der Waals surface area contributed by atoms with Gasteiger partial charge in [-0.3, -0.25) is 19.2 Å². The predicted octanol–water partition coefficient (Wildman–Crippen LogP) is 2.36. The van der Waals surface area contributed by atoms with Crippen LogP contribution in [-0.4, -0.2) is 69.4 Å². The number of likely N-dealkylation sites (tertiary alicyclic amines) is 1.